The van der Waals surface area contributed by atoms with Gasteiger partial charge in [0.2, 0.25) is 0 Å². The van der Waals surface area contributed by atoms with Gasteiger partial charge in [-0.1, -0.05) is 22.7 Å². The standard InChI is InChI=1S/C17H12FN3O5S2/c1-26-16(23)9-20-12-5-2-10(18)8-13(12)28-17(20)19-14(22)6-3-11-4-7-15(27-11)21(24)25/h2-8H,9H2,1H3. The fraction of sp³-hybridized carbons (Fsp3) is 0.118. The molecule has 0 unspecified atom stereocenters. The summed E-state index contributed by atoms with van der Waals surface area (Å²) in [6.45, 7) is -0.185. The van der Waals surface area contributed by atoms with E-state index in [0.717, 1.165) is 22.7 Å². The normalized spacial score (nSPS) is 12.0. The molecule has 0 saturated carbocycles. The number of nitro groups is 1. The lowest BCUT2D eigenvalue weighted by atomic mass is 10.3. The first kappa shape index (κ1) is 19.6. The van der Waals surface area contributed by atoms with E-state index in [2.05, 4.69) is 9.73 Å². The topological polar surface area (TPSA) is 104 Å². The summed E-state index contributed by atoms with van der Waals surface area (Å²) in [5.74, 6) is -1.61. The van der Waals surface area contributed by atoms with E-state index >= 15 is 0 Å². The summed E-state index contributed by atoms with van der Waals surface area (Å²) in [6, 6.07) is 6.90. The highest BCUT2D eigenvalue weighted by Crippen LogP contribution is 2.24. The molecule has 1 aromatic carbocycles. The minimum atomic E-state index is -0.623. The van der Waals surface area contributed by atoms with E-state index in [0.29, 0.717) is 15.1 Å². The highest BCUT2D eigenvalue weighted by atomic mass is 32.1. The van der Waals surface area contributed by atoms with Crippen LogP contribution in [0.2, 0.25) is 0 Å². The van der Waals surface area contributed by atoms with Crippen LogP contribution in [-0.2, 0) is 20.9 Å². The van der Waals surface area contributed by atoms with Crippen LogP contribution < -0.4 is 4.80 Å². The maximum absolute atomic E-state index is 13.5. The minimum absolute atomic E-state index is 0.0357. The van der Waals surface area contributed by atoms with E-state index in [1.807, 2.05) is 0 Å². The highest BCUT2D eigenvalue weighted by Gasteiger charge is 2.12. The van der Waals surface area contributed by atoms with Gasteiger partial charge >= 0.3 is 11.0 Å². The molecule has 0 bridgehead atoms. The van der Waals surface area contributed by atoms with Crippen molar-refractivity contribution in [1.29, 1.82) is 0 Å². The summed E-state index contributed by atoms with van der Waals surface area (Å²) < 4.78 is 20.1. The summed E-state index contributed by atoms with van der Waals surface area (Å²) in [4.78, 5) is 38.8. The summed E-state index contributed by atoms with van der Waals surface area (Å²) >= 11 is 1.98. The van der Waals surface area contributed by atoms with Crippen LogP contribution in [0.15, 0.2) is 41.4 Å². The number of esters is 1. The Bertz CT molecular complexity index is 1180. The molecular formula is C17H12FN3O5S2. The second-order valence-corrected chi connectivity index (χ2v) is 7.48. The van der Waals surface area contributed by atoms with Crippen LogP contribution in [0.3, 0.4) is 0 Å². The van der Waals surface area contributed by atoms with Crippen molar-refractivity contribution in [2.24, 2.45) is 4.99 Å². The number of thiophene rings is 1. The molecule has 0 N–H and O–H groups in total. The zero-order valence-electron chi connectivity index (χ0n) is 14.3. The Kier molecular flexibility index (Phi) is 5.76. The van der Waals surface area contributed by atoms with Gasteiger partial charge in [-0.15, -0.1) is 0 Å². The molecule has 2 heterocycles. The third-order valence-corrected chi connectivity index (χ3v) is 5.59. The number of carbonyl (C=O) groups is 2. The van der Waals surface area contributed by atoms with Gasteiger partial charge < -0.3 is 9.30 Å². The molecule has 8 nitrogen and oxygen atoms in total. The lowest BCUT2D eigenvalue weighted by molar-refractivity contribution is -0.380. The molecule has 28 heavy (non-hydrogen) atoms. The molecule has 0 atom stereocenters. The van der Waals surface area contributed by atoms with E-state index in [1.165, 1.54) is 54.2 Å². The molecule has 0 radical (unpaired) electrons. The van der Waals surface area contributed by atoms with Crippen LogP contribution in [0, 0.1) is 15.9 Å². The smallest absolute Gasteiger partial charge is 0.325 e. The van der Waals surface area contributed by atoms with Crippen LogP contribution in [0.1, 0.15) is 4.88 Å². The monoisotopic (exact) mass is 421 g/mol. The predicted molar refractivity (Wildman–Crippen MR) is 102 cm³/mol. The number of hydrogen-bond acceptors (Lipinski definition) is 7. The number of benzene rings is 1. The van der Waals surface area contributed by atoms with Gasteiger partial charge in [-0.25, -0.2) is 4.39 Å². The third-order valence-electron chi connectivity index (χ3n) is 3.55. The summed E-state index contributed by atoms with van der Waals surface area (Å²) in [5, 5.41) is 10.7. The number of fused-ring (bicyclic) bond motifs is 1. The van der Waals surface area contributed by atoms with E-state index in [4.69, 9.17) is 0 Å². The van der Waals surface area contributed by atoms with Crippen LogP contribution in [0.5, 0.6) is 0 Å². The lowest BCUT2D eigenvalue weighted by Crippen LogP contribution is -2.22. The maximum atomic E-state index is 13.5. The average Bonchev–Trinajstić information content (AvgIpc) is 3.25. The van der Waals surface area contributed by atoms with E-state index in [-0.39, 0.29) is 16.3 Å². The number of amides is 1. The molecule has 1 amide bonds. The van der Waals surface area contributed by atoms with Gasteiger partial charge in [-0.05, 0) is 30.3 Å². The van der Waals surface area contributed by atoms with Crippen molar-refractivity contribution in [2.45, 2.75) is 6.54 Å². The Morgan fingerprint density at radius 3 is 2.79 bits per heavy atom. The largest absolute Gasteiger partial charge is 0.468 e. The number of hydrogen-bond donors (Lipinski definition) is 0. The molecule has 0 fully saturated rings. The molecule has 0 saturated heterocycles. The minimum Gasteiger partial charge on any atom is -0.468 e. The van der Waals surface area contributed by atoms with Crippen molar-refractivity contribution >= 4 is 55.8 Å². The molecule has 0 aliphatic rings. The Balaban J connectivity index is 1.95. The predicted octanol–water partition coefficient (Wildman–Crippen LogP) is 3.13. The molecule has 3 aromatic rings. The lowest BCUT2D eigenvalue weighted by Gasteiger charge is -2.03. The van der Waals surface area contributed by atoms with Gasteiger partial charge in [0.15, 0.2) is 4.80 Å². The molecule has 0 aliphatic heterocycles. The number of rotatable bonds is 5. The Morgan fingerprint density at radius 2 is 2.11 bits per heavy atom. The molecule has 0 aliphatic carbocycles. The second-order valence-electron chi connectivity index (χ2n) is 5.38. The van der Waals surface area contributed by atoms with Crippen molar-refractivity contribution < 1.29 is 23.6 Å². The van der Waals surface area contributed by atoms with Crippen molar-refractivity contribution in [1.82, 2.24) is 4.57 Å². The number of carbonyl (C=O) groups excluding carboxylic acids is 2. The molecular weight excluding hydrogens is 409 g/mol. The van der Waals surface area contributed by atoms with Crippen molar-refractivity contribution in [3.8, 4) is 0 Å². The third kappa shape index (κ3) is 4.38. The number of nitrogens with zero attached hydrogens (tertiary/aromatic N) is 3. The number of aromatic nitrogens is 1. The van der Waals surface area contributed by atoms with Gasteiger partial charge in [0.25, 0.3) is 5.91 Å². The Labute approximate surface area is 165 Å². The van der Waals surface area contributed by atoms with Gasteiger partial charge in [0.1, 0.15) is 12.4 Å². The van der Waals surface area contributed by atoms with Crippen LogP contribution in [0.25, 0.3) is 16.3 Å². The van der Waals surface area contributed by atoms with Gasteiger partial charge in [0, 0.05) is 17.0 Å². The Morgan fingerprint density at radius 1 is 1.32 bits per heavy atom. The van der Waals surface area contributed by atoms with E-state index in [9.17, 15) is 24.1 Å². The quantitative estimate of drug-likeness (QED) is 0.272. The number of halogens is 1. The van der Waals surface area contributed by atoms with Crippen molar-refractivity contribution in [2.75, 3.05) is 7.11 Å². The zero-order chi connectivity index (χ0) is 20.3. The first-order valence-electron chi connectivity index (χ1n) is 7.74. The first-order valence-corrected chi connectivity index (χ1v) is 9.37. The van der Waals surface area contributed by atoms with Gasteiger partial charge in [0.05, 0.1) is 22.2 Å². The van der Waals surface area contributed by atoms with Crippen LogP contribution in [-0.4, -0.2) is 28.5 Å². The van der Waals surface area contributed by atoms with E-state index in [1.54, 1.807) is 0 Å². The number of methoxy groups -OCH3 is 1. The number of thiazole rings is 1. The summed E-state index contributed by atoms with van der Waals surface area (Å²) in [5.41, 5.74) is 0.543. The fourth-order valence-corrected chi connectivity index (χ4v) is 4.08. The SMILES string of the molecule is COC(=O)Cn1c(=NC(=O)C=Cc2ccc([N+](=O)[O-])s2)sc2cc(F)ccc21. The van der Waals surface area contributed by atoms with Crippen LogP contribution >= 0.6 is 22.7 Å². The zero-order valence-corrected chi connectivity index (χ0v) is 16.0. The molecule has 2 aromatic heterocycles. The molecule has 144 valence electrons. The maximum Gasteiger partial charge on any atom is 0.325 e. The highest BCUT2D eigenvalue weighted by molar-refractivity contribution is 7.16. The molecule has 3 rings (SSSR count). The molecule has 11 heteroatoms. The first-order chi connectivity index (χ1) is 13.4. The van der Waals surface area contributed by atoms with Gasteiger partial charge in [-0.2, -0.15) is 4.99 Å². The summed E-state index contributed by atoms with van der Waals surface area (Å²) in [6.07, 6.45) is 2.59. The summed E-state index contributed by atoms with van der Waals surface area (Å²) in [7, 11) is 1.24. The van der Waals surface area contributed by atoms with Crippen molar-refractivity contribution in [3.63, 3.8) is 0 Å². The fourth-order valence-electron chi connectivity index (χ4n) is 2.29. The number of ether oxygens (including phenoxy) is 1. The second kappa shape index (κ2) is 8.23. The van der Waals surface area contributed by atoms with Crippen LogP contribution in [0.4, 0.5) is 9.39 Å². The Hall–Kier alpha value is -3.18. The van der Waals surface area contributed by atoms with E-state index < -0.39 is 22.6 Å². The van der Waals surface area contributed by atoms with Crippen molar-refractivity contribution in [3.05, 3.63) is 62.0 Å². The molecule has 0 spiro atoms. The van der Waals surface area contributed by atoms with Gasteiger partial charge in [-0.3, -0.25) is 19.7 Å². The average molecular weight is 421 g/mol.